The van der Waals surface area contributed by atoms with Crippen molar-refractivity contribution in [2.24, 2.45) is 57.2 Å². The van der Waals surface area contributed by atoms with Crippen molar-refractivity contribution in [1.29, 1.82) is 0 Å². The minimum atomic E-state index is 0.734. The quantitative estimate of drug-likeness (QED) is 0.555. The molecule has 0 aromatic heterocycles. The van der Waals surface area contributed by atoms with Crippen molar-refractivity contribution in [1.82, 2.24) is 0 Å². The Hall–Kier alpha value is 0. The van der Waals surface area contributed by atoms with E-state index in [2.05, 4.69) is 27.7 Å². The molecule has 0 nitrogen and oxygen atoms in total. The lowest BCUT2D eigenvalue weighted by atomic mass is 9.01. The largest absolute Gasteiger partial charge is 0.0683 e. The van der Waals surface area contributed by atoms with Crippen molar-refractivity contribution in [3.8, 4) is 0 Å². The predicted octanol–water partition coefficient (Wildman–Crippen LogP) is 5.38. The van der Waals surface area contributed by atoms with Crippen LogP contribution in [0.4, 0.5) is 0 Å². The maximum atomic E-state index is 2.74. The highest BCUT2D eigenvalue weighted by Gasteiger charge is 2.99. The van der Waals surface area contributed by atoms with Gasteiger partial charge in [0.2, 0.25) is 0 Å². The third-order valence-corrected chi connectivity index (χ3v) is 11.0. The number of rotatable bonds is 0. The van der Waals surface area contributed by atoms with Crippen LogP contribution >= 0.6 is 0 Å². The Labute approximate surface area is 125 Å². The van der Waals surface area contributed by atoms with E-state index in [9.17, 15) is 0 Å². The minimum absolute atomic E-state index is 0.734. The first-order valence-corrected chi connectivity index (χ1v) is 9.45. The highest BCUT2D eigenvalue weighted by atomic mass is 15.0. The second-order valence-corrected chi connectivity index (χ2v) is 9.60. The van der Waals surface area contributed by atoms with Crippen LogP contribution < -0.4 is 0 Å². The number of hydrogen-bond donors (Lipinski definition) is 0. The molecule has 10 unspecified atom stereocenters. The Bertz CT molecular complexity index is 474. The summed E-state index contributed by atoms with van der Waals surface area (Å²) in [7, 11) is 0. The number of fused-ring (bicyclic) bond motifs is 8. The van der Waals surface area contributed by atoms with Crippen molar-refractivity contribution in [2.75, 3.05) is 0 Å². The second-order valence-electron chi connectivity index (χ2n) is 9.60. The first kappa shape index (κ1) is 12.5. The lowest BCUT2D eigenvalue weighted by molar-refractivity contribution is -0.561. The SMILES string of the molecule is CC.CC1CC2C3C4C5CC6CCC65C4(C)C3(C)C12C. The highest BCUT2D eigenvalue weighted by molar-refractivity contribution is 5.46. The fourth-order valence-electron chi connectivity index (χ4n) is 10.00. The van der Waals surface area contributed by atoms with Crippen molar-refractivity contribution >= 4 is 0 Å². The summed E-state index contributed by atoms with van der Waals surface area (Å²) in [5, 5.41) is 0. The summed E-state index contributed by atoms with van der Waals surface area (Å²) in [5.74, 6) is 6.83. The molecule has 0 heteroatoms. The zero-order valence-electron chi connectivity index (χ0n) is 14.3. The van der Waals surface area contributed by atoms with Crippen LogP contribution in [-0.2, 0) is 0 Å². The molecule has 0 amide bonds. The summed E-state index contributed by atoms with van der Waals surface area (Å²) < 4.78 is 0. The van der Waals surface area contributed by atoms with Crippen LogP contribution in [0.25, 0.3) is 0 Å². The molecule has 6 fully saturated rings. The van der Waals surface area contributed by atoms with Gasteiger partial charge in [-0.25, -0.2) is 0 Å². The van der Waals surface area contributed by atoms with Gasteiger partial charge in [0.15, 0.2) is 0 Å². The molecule has 0 heterocycles. The van der Waals surface area contributed by atoms with E-state index in [1.165, 1.54) is 17.8 Å². The van der Waals surface area contributed by atoms with Crippen molar-refractivity contribution in [3.05, 3.63) is 0 Å². The third kappa shape index (κ3) is 0.657. The standard InChI is InChI=1S/C18H26.C2H6/c1-9-7-11-13-14-12-8-10-5-6-18(10,12)17(14,4)16(13,3)15(9,11)2;1-2/h9-14H,5-8H2,1-4H3;1-2H3. The Morgan fingerprint density at radius 1 is 0.850 bits per heavy atom. The van der Waals surface area contributed by atoms with E-state index < -0.39 is 0 Å². The molecule has 1 spiro atoms. The molecule has 0 saturated heterocycles. The van der Waals surface area contributed by atoms with Crippen LogP contribution in [0.2, 0.25) is 0 Å². The molecule has 0 aliphatic heterocycles. The second kappa shape index (κ2) is 2.91. The van der Waals surface area contributed by atoms with Gasteiger partial charge >= 0.3 is 0 Å². The molecule has 112 valence electrons. The predicted molar refractivity (Wildman–Crippen MR) is 83.2 cm³/mol. The van der Waals surface area contributed by atoms with E-state index in [0.717, 1.165) is 39.4 Å². The Balaban J connectivity index is 0.000000462. The Morgan fingerprint density at radius 3 is 2.00 bits per heavy atom. The van der Waals surface area contributed by atoms with Crippen molar-refractivity contribution < 1.29 is 0 Å². The first-order chi connectivity index (χ1) is 9.45. The van der Waals surface area contributed by atoms with E-state index in [4.69, 9.17) is 0 Å². The van der Waals surface area contributed by atoms with Crippen LogP contribution in [0, 0.1) is 57.2 Å². The lowest BCUT2D eigenvalue weighted by Crippen LogP contribution is -2.99. The topological polar surface area (TPSA) is 0 Å². The van der Waals surface area contributed by atoms with E-state index in [1.54, 1.807) is 25.7 Å². The molecule has 0 radical (unpaired) electrons. The fraction of sp³-hybridized carbons (Fsp3) is 1.00. The van der Waals surface area contributed by atoms with Crippen LogP contribution in [0.5, 0.6) is 0 Å². The van der Waals surface area contributed by atoms with Gasteiger partial charge in [-0.1, -0.05) is 41.5 Å². The molecule has 0 N–H and O–H groups in total. The van der Waals surface area contributed by atoms with Gasteiger partial charge in [-0.2, -0.15) is 0 Å². The van der Waals surface area contributed by atoms with Gasteiger partial charge < -0.3 is 0 Å². The maximum Gasteiger partial charge on any atom is -0.0168 e. The smallest absolute Gasteiger partial charge is 0.0168 e. The molecule has 0 aromatic carbocycles. The normalized spacial score (nSPS) is 76.5. The molecule has 0 aromatic rings. The zero-order valence-corrected chi connectivity index (χ0v) is 14.3. The molecule has 6 saturated carbocycles. The minimum Gasteiger partial charge on any atom is -0.0683 e. The average Bonchev–Trinajstić information content (AvgIpc) is 2.45. The van der Waals surface area contributed by atoms with Gasteiger partial charge in [0.05, 0.1) is 0 Å². The summed E-state index contributed by atoms with van der Waals surface area (Å²) in [6.07, 6.45) is 6.38. The summed E-state index contributed by atoms with van der Waals surface area (Å²) in [6, 6.07) is 0. The molecular weight excluding hydrogens is 240 g/mol. The van der Waals surface area contributed by atoms with Gasteiger partial charge in [0.1, 0.15) is 0 Å². The Kier molecular flexibility index (Phi) is 1.82. The molecular formula is C20H32. The molecule has 6 aliphatic rings. The summed E-state index contributed by atoms with van der Waals surface area (Å²) in [6.45, 7) is 14.7. The Morgan fingerprint density at radius 2 is 1.50 bits per heavy atom. The van der Waals surface area contributed by atoms with Crippen LogP contribution in [0.15, 0.2) is 0 Å². The van der Waals surface area contributed by atoms with E-state index in [1.807, 2.05) is 13.8 Å². The maximum absolute atomic E-state index is 2.74. The van der Waals surface area contributed by atoms with Gasteiger partial charge in [0.25, 0.3) is 0 Å². The lowest BCUT2D eigenvalue weighted by Gasteiger charge is -3.03. The van der Waals surface area contributed by atoms with Gasteiger partial charge in [-0.3, -0.25) is 0 Å². The van der Waals surface area contributed by atoms with E-state index >= 15 is 0 Å². The summed E-state index contributed by atoms with van der Waals surface area (Å²) in [4.78, 5) is 0. The first-order valence-electron chi connectivity index (χ1n) is 9.45. The van der Waals surface area contributed by atoms with Gasteiger partial charge in [0, 0.05) is 0 Å². The molecule has 6 aliphatic carbocycles. The van der Waals surface area contributed by atoms with Crippen LogP contribution in [0.1, 0.15) is 67.2 Å². The fourth-order valence-corrected chi connectivity index (χ4v) is 10.00. The van der Waals surface area contributed by atoms with E-state index in [0.29, 0.717) is 0 Å². The van der Waals surface area contributed by atoms with Crippen molar-refractivity contribution in [2.45, 2.75) is 67.2 Å². The molecule has 20 heavy (non-hydrogen) atoms. The van der Waals surface area contributed by atoms with Gasteiger partial charge in [-0.15, -0.1) is 0 Å². The summed E-state index contributed by atoms with van der Waals surface area (Å²) in [5.41, 5.74) is 3.13. The zero-order chi connectivity index (χ0) is 14.3. The summed E-state index contributed by atoms with van der Waals surface area (Å²) >= 11 is 0. The van der Waals surface area contributed by atoms with Crippen LogP contribution in [-0.4, -0.2) is 0 Å². The monoisotopic (exact) mass is 272 g/mol. The third-order valence-electron chi connectivity index (χ3n) is 11.0. The molecule has 0 bridgehead atoms. The average molecular weight is 272 g/mol. The van der Waals surface area contributed by atoms with E-state index in [-0.39, 0.29) is 0 Å². The highest BCUT2D eigenvalue weighted by Crippen LogP contribution is 3.03. The van der Waals surface area contributed by atoms with Crippen LogP contribution in [0.3, 0.4) is 0 Å². The number of hydrogen-bond acceptors (Lipinski definition) is 0. The van der Waals surface area contributed by atoms with Crippen molar-refractivity contribution in [3.63, 3.8) is 0 Å². The van der Waals surface area contributed by atoms with Gasteiger partial charge in [-0.05, 0) is 82.9 Å². The molecule has 6 rings (SSSR count). The molecule has 10 atom stereocenters.